The molecule has 0 heterocycles. The lowest BCUT2D eigenvalue weighted by molar-refractivity contribution is -0.384. The average Bonchev–Trinajstić information content (AvgIpc) is 2.63. The number of carbonyl (C=O) groups is 2. The second kappa shape index (κ2) is 9.44. The fraction of sp³-hybridized carbons (Fsp3) is 0.167. The predicted octanol–water partition coefficient (Wildman–Crippen LogP) is 3.75. The number of benzene rings is 2. The van der Waals surface area contributed by atoms with Crippen LogP contribution < -0.4 is 10.7 Å². The Morgan fingerprint density at radius 1 is 1.22 bits per heavy atom. The first kappa shape index (κ1) is 20.1. The van der Waals surface area contributed by atoms with Crippen molar-refractivity contribution in [1.82, 2.24) is 5.43 Å². The minimum absolute atomic E-state index is 0.0207. The van der Waals surface area contributed by atoms with Crippen molar-refractivity contribution in [1.29, 1.82) is 0 Å². The molecule has 2 rings (SSSR count). The number of rotatable bonds is 7. The van der Waals surface area contributed by atoms with Crippen LogP contribution in [0.4, 0.5) is 11.4 Å². The molecule has 0 bridgehead atoms. The molecule has 2 amide bonds. The zero-order valence-electron chi connectivity index (χ0n) is 14.4. The van der Waals surface area contributed by atoms with Crippen molar-refractivity contribution in [3.8, 4) is 0 Å². The summed E-state index contributed by atoms with van der Waals surface area (Å²) >= 11 is 5.74. The van der Waals surface area contributed by atoms with Crippen LogP contribution in [0.25, 0.3) is 0 Å². The minimum Gasteiger partial charge on any atom is -0.326 e. The minimum atomic E-state index is -0.598. The number of nitrogens with zero attached hydrogens (tertiary/aromatic N) is 2. The van der Waals surface area contributed by atoms with Crippen molar-refractivity contribution >= 4 is 41.0 Å². The Labute approximate surface area is 160 Å². The lowest BCUT2D eigenvalue weighted by Gasteiger charge is -2.05. The number of amides is 2. The van der Waals surface area contributed by atoms with E-state index in [0.29, 0.717) is 23.2 Å². The fourth-order valence-electron chi connectivity index (χ4n) is 2.14. The van der Waals surface area contributed by atoms with E-state index in [-0.39, 0.29) is 16.6 Å². The lowest BCUT2D eigenvalue weighted by atomic mass is 10.2. The number of halogens is 1. The Balaban J connectivity index is 1.97. The first-order chi connectivity index (χ1) is 12.9. The van der Waals surface area contributed by atoms with E-state index in [1.807, 2.05) is 6.92 Å². The zero-order chi connectivity index (χ0) is 19.8. The van der Waals surface area contributed by atoms with Gasteiger partial charge in [-0.1, -0.05) is 24.6 Å². The number of hydrogen-bond donors (Lipinski definition) is 2. The topological polar surface area (TPSA) is 114 Å². The number of hydrazone groups is 1. The molecule has 0 atom stereocenters. The van der Waals surface area contributed by atoms with Crippen LogP contribution >= 0.6 is 11.6 Å². The molecule has 0 radical (unpaired) electrons. The lowest BCUT2D eigenvalue weighted by Crippen LogP contribution is -2.17. The van der Waals surface area contributed by atoms with Gasteiger partial charge in [0.15, 0.2) is 0 Å². The molecule has 0 fully saturated rings. The van der Waals surface area contributed by atoms with Crippen LogP contribution in [0.5, 0.6) is 0 Å². The number of carbonyl (C=O) groups excluding carboxylic acids is 2. The molecule has 0 aliphatic carbocycles. The zero-order valence-corrected chi connectivity index (χ0v) is 15.2. The molecule has 140 valence electrons. The highest BCUT2D eigenvalue weighted by atomic mass is 35.5. The second-order valence-corrected chi connectivity index (χ2v) is 5.95. The molecule has 2 aromatic carbocycles. The molecule has 9 heteroatoms. The Morgan fingerprint density at radius 3 is 2.56 bits per heavy atom. The monoisotopic (exact) mass is 388 g/mol. The fourth-order valence-corrected chi connectivity index (χ4v) is 2.32. The summed E-state index contributed by atoms with van der Waals surface area (Å²) in [6.07, 6.45) is 2.46. The van der Waals surface area contributed by atoms with Gasteiger partial charge in [-0.05, 0) is 36.8 Å². The van der Waals surface area contributed by atoms with Crippen LogP contribution in [0.2, 0.25) is 5.02 Å². The highest BCUT2D eigenvalue weighted by molar-refractivity contribution is 6.32. The summed E-state index contributed by atoms with van der Waals surface area (Å²) in [6.45, 7) is 1.91. The van der Waals surface area contributed by atoms with E-state index in [4.69, 9.17) is 11.6 Å². The number of anilines is 1. The summed E-state index contributed by atoms with van der Waals surface area (Å²) in [4.78, 5) is 33.8. The summed E-state index contributed by atoms with van der Waals surface area (Å²) in [5.74, 6) is -0.544. The van der Waals surface area contributed by atoms with E-state index in [2.05, 4.69) is 15.8 Å². The molecule has 2 N–H and O–H groups in total. The molecule has 8 nitrogen and oxygen atoms in total. The van der Waals surface area contributed by atoms with Crippen LogP contribution in [-0.2, 0) is 4.79 Å². The first-order valence-electron chi connectivity index (χ1n) is 8.08. The molecule has 0 unspecified atom stereocenters. The highest BCUT2D eigenvalue weighted by Crippen LogP contribution is 2.24. The highest BCUT2D eigenvalue weighted by Gasteiger charge is 2.12. The largest absolute Gasteiger partial charge is 0.326 e. The SMILES string of the molecule is CCCC(=O)Nc1ccc(C(=O)NN=Cc2ccc(Cl)c([N+](=O)[O-])c2)cc1. The van der Waals surface area contributed by atoms with Gasteiger partial charge < -0.3 is 5.32 Å². The van der Waals surface area contributed by atoms with Gasteiger partial charge in [0.2, 0.25) is 5.91 Å². The van der Waals surface area contributed by atoms with Crippen molar-refractivity contribution in [3.63, 3.8) is 0 Å². The Morgan fingerprint density at radius 2 is 1.93 bits per heavy atom. The van der Waals surface area contributed by atoms with Crippen LogP contribution in [-0.4, -0.2) is 23.0 Å². The summed E-state index contributed by atoms with van der Waals surface area (Å²) in [6, 6.07) is 10.5. The van der Waals surface area contributed by atoms with Gasteiger partial charge in [-0.15, -0.1) is 0 Å². The average molecular weight is 389 g/mol. The van der Waals surface area contributed by atoms with Gasteiger partial charge in [0.1, 0.15) is 5.02 Å². The third-order valence-corrected chi connectivity index (χ3v) is 3.77. The van der Waals surface area contributed by atoms with Gasteiger partial charge in [-0.2, -0.15) is 5.10 Å². The maximum absolute atomic E-state index is 12.1. The van der Waals surface area contributed by atoms with Gasteiger partial charge >= 0.3 is 0 Å². The molecule has 0 aliphatic heterocycles. The van der Waals surface area contributed by atoms with Crippen molar-refractivity contribution < 1.29 is 14.5 Å². The summed E-state index contributed by atoms with van der Waals surface area (Å²) in [7, 11) is 0. The van der Waals surface area contributed by atoms with Crippen molar-refractivity contribution in [2.45, 2.75) is 19.8 Å². The Bertz CT molecular complexity index is 881. The Kier molecular flexibility index (Phi) is 7.01. The molecule has 0 aliphatic rings. The quantitative estimate of drug-likeness (QED) is 0.427. The van der Waals surface area contributed by atoms with Crippen LogP contribution in [0.15, 0.2) is 47.6 Å². The summed E-state index contributed by atoms with van der Waals surface area (Å²) in [5, 5.41) is 17.4. The van der Waals surface area contributed by atoms with Gasteiger partial charge in [-0.25, -0.2) is 5.43 Å². The third-order valence-electron chi connectivity index (χ3n) is 3.45. The predicted molar refractivity (Wildman–Crippen MR) is 103 cm³/mol. The second-order valence-electron chi connectivity index (χ2n) is 5.54. The molecule has 0 saturated heterocycles. The van der Waals surface area contributed by atoms with E-state index in [0.717, 1.165) is 6.42 Å². The van der Waals surface area contributed by atoms with Gasteiger partial charge in [0.25, 0.3) is 11.6 Å². The molecule has 27 heavy (non-hydrogen) atoms. The van der Waals surface area contributed by atoms with Gasteiger partial charge in [-0.3, -0.25) is 19.7 Å². The van der Waals surface area contributed by atoms with Crippen molar-refractivity contribution in [2.75, 3.05) is 5.32 Å². The van der Waals surface area contributed by atoms with Crippen LogP contribution in [0, 0.1) is 10.1 Å². The summed E-state index contributed by atoms with van der Waals surface area (Å²) in [5.41, 5.74) is 3.45. The number of nitro benzene ring substituents is 1. The molecule has 0 aromatic heterocycles. The number of nitro groups is 1. The van der Waals surface area contributed by atoms with E-state index >= 15 is 0 Å². The molecular formula is C18H17ClN4O4. The van der Waals surface area contributed by atoms with Crippen LogP contribution in [0.3, 0.4) is 0 Å². The molecule has 0 spiro atoms. The summed E-state index contributed by atoms with van der Waals surface area (Å²) < 4.78 is 0. The van der Waals surface area contributed by atoms with E-state index in [9.17, 15) is 19.7 Å². The van der Waals surface area contributed by atoms with Gasteiger partial charge in [0.05, 0.1) is 11.1 Å². The molecule has 2 aromatic rings. The maximum atomic E-state index is 12.1. The van der Waals surface area contributed by atoms with E-state index < -0.39 is 10.8 Å². The maximum Gasteiger partial charge on any atom is 0.288 e. The molecular weight excluding hydrogens is 372 g/mol. The smallest absolute Gasteiger partial charge is 0.288 e. The standard InChI is InChI=1S/C18H17ClN4O4/c1-2-3-17(24)21-14-7-5-13(6-8-14)18(25)22-20-11-12-4-9-15(19)16(10-12)23(26)27/h4-11H,2-3H2,1H3,(H,21,24)(H,22,25). The number of hydrogen-bond acceptors (Lipinski definition) is 5. The first-order valence-corrected chi connectivity index (χ1v) is 8.45. The normalized spacial score (nSPS) is 10.6. The number of nitrogens with one attached hydrogen (secondary N) is 2. The molecule has 0 saturated carbocycles. The van der Waals surface area contributed by atoms with Gasteiger partial charge in [0, 0.05) is 29.3 Å². The Hall–Kier alpha value is -3.26. The van der Waals surface area contributed by atoms with Crippen molar-refractivity contribution in [2.24, 2.45) is 5.10 Å². The van der Waals surface area contributed by atoms with E-state index in [1.165, 1.54) is 18.3 Å². The van der Waals surface area contributed by atoms with Crippen molar-refractivity contribution in [3.05, 3.63) is 68.7 Å². The van der Waals surface area contributed by atoms with Crippen LogP contribution in [0.1, 0.15) is 35.7 Å². The third kappa shape index (κ3) is 5.89. The van der Waals surface area contributed by atoms with E-state index in [1.54, 1.807) is 30.3 Å².